The summed E-state index contributed by atoms with van der Waals surface area (Å²) in [5.41, 5.74) is 5.73. The molecule has 0 radical (unpaired) electrons. The number of carbonyl (C=O) groups is 4. The number of thiazole rings is 1. The number of rotatable bonds is 21. The first kappa shape index (κ1) is 49.0. The number of hydrogen-bond acceptors (Lipinski definition) is 11. The minimum atomic E-state index is -1.97. The second-order valence-corrected chi connectivity index (χ2v) is 19.7. The van der Waals surface area contributed by atoms with Gasteiger partial charge in [-0.15, -0.1) is 11.3 Å². The highest BCUT2D eigenvalue weighted by Gasteiger charge is 2.53. The molecular formula is C50H62FN7O8S. The van der Waals surface area contributed by atoms with E-state index in [9.17, 15) is 28.7 Å². The third kappa shape index (κ3) is 12.4. The molecule has 0 spiro atoms. The van der Waals surface area contributed by atoms with E-state index in [1.165, 1.54) is 16.2 Å². The topological polar surface area (TPSA) is 188 Å². The summed E-state index contributed by atoms with van der Waals surface area (Å²) >= 11 is 1.54. The average Bonchev–Trinajstić information content (AvgIpc) is 3.55. The van der Waals surface area contributed by atoms with Gasteiger partial charge in [0, 0.05) is 48.9 Å². The maximum Gasteiger partial charge on any atom is 0.274 e. The molecule has 0 unspecified atom stereocenters. The molecule has 1 aliphatic heterocycles. The molecule has 5 N–H and O–H groups in total. The van der Waals surface area contributed by atoms with E-state index in [1.54, 1.807) is 43.9 Å². The number of nitrogens with one attached hydrogen (secondary N) is 3. The van der Waals surface area contributed by atoms with Crippen LogP contribution >= 0.6 is 11.3 Å². The Kier molecular flexibility index (Phi) is 15.7. The van der Waals surface area contributed by atoms with Gasteiger partial charge in [-0.2, -0.15) is 0 Å². The molecule has 67 heavy (non-hydrogen) atoms. The molecule has 3 heterocycles. The number of fused-ring (bicyclic) bond motifs is 1. The zero-order chi connectivity index (χ0) is 47.9. The van der Waals surface area contributed by atoms with Crippen LogP contribution in [0.15, 0.2) is 78.4 Å². The number of halogens is 1. The van der Waals surface area contributed by atoms with Gasteiger partial charge in [0.1, 0.15) is 30.2 Å². The molecule has 4 amide bonds. The molecule has 1 aliphatic carbocycles. The number of hydrogen-bond donors (Lipinski definition) is 5. The maximum atomic E-state index is 14.6. The van der Waals surface area contributed by atoms with Crippen LogP contribution in [-0.2, 0) is 34.0 Å². The molecule has 1 saturated heterocycles. The van der Waals surface area contributed by atoms with Crippen molar-refractivity contribution in [2.75, 3.05) is 33.4 Å². The van der Waals surface area contributed by atoms with E-state index in [1.807, 2.05) is 60.2 Å². The van der Waals surface area contributed by atoms with Gasteiger partial charge in [-0.1, -0.05) is 51.1 Å². The average molecular weight is 940 g/mol. The van der Waals surface area contributed by atoms with Crippen LogP contribution in [0.3, 0.4) is 0 Å². The summed E-state index contributed by atoms with van der Waals surface area (Å²) in [6, 6.07) is 19.1. The summed E-state index contributed by atoms with van der Waals surface area (Å²) in [5.74, 6) is -0.958. The largest absolute Gasteiger partial charge is 0.493 e. The van der Waals surface area contributed by atoms with Crippen LogP contribution < -0.4 is 25.6 Å². The first-order chi connectivity index (χ1) is 32.0. The first-order valence-electron chi connectivity index (χ1n) is 22.9. The van der Waals surface area contributed by atoms with Crippen molar-refractivity contribution in [2.24, 2.45) is 5.41 Å². The Bertz CT molecular complexity index is 2550. The number of unbranched alkanes of at least 4 members (excludes halogenated alkanes) is 2. The van der Waals surface area contributed by atoms with Crippen molar-refractivity contribution in [1.82, 2.24) is 35.5 Å². The smallest absolute Gasteiger partial charge is 0.274 e. The van der Waals surface area contributed by atoms with Crippen LogP contribution in [-0.4, -0.2) is 111 Å². The standard InChI is InChI=1S/C50H62FN7O8S/c1-32-43(67-31-53-32)35-13-15-37(28-52-46(61)41-27-38(59)30-58(41)47(62)44(49(2,3)4)54-48(63)50(51)17-18-50)42(26-35)66-22-8-6-7-19-56(5)29-33-10-9-11-39(24-33)65-23-21-57-20-16-34-12-14-36(25-40(34)57)45(60)55-64/h9-16,20,24-26,31,38,41,44,59,64H,6-8,17-19,21-23,27-30H2,1-5H3,(H,52,61)(H,54,63)(H,55,60)/t38-,41-,44+/m0/s1. The van der Waals surface area contributed by atoms with Gasteiger partial charge in [-0.05, 0) is 111 Å². The fraction of sp³-hybridized carbons (Fsp3) is 0.460. The van der Waals surface area contributed by atoms with Crippen LogP contribution in [0.1, 0.15) is 86.5 Å². The molecule has 3 atom stereocenters. The summed E-state index contributed by atoms with van der Waals surface area (Å²) in [7, 11) is 2.10. The lowest BCUT2D eigenvalue weighted by atomic mass is 9.85. The van der Waals surface area contributed by atoms with Gasteiger partial charge in [-0.25, -0.2) is 14.9 Å². The number of aryl methyl sites for hydroxylation is 1. The first-order valence-corrected chi connectivity index (χ1v) is 23.8. The summed E-state index contributed by atoms with van der Waals surface area (Å²) in [6.45, 7) is 10.4. The van der Waals surface area contributed by atoms with Crippen molar-refractivity contribution in [3.8, 4) is 21.9 Å². The van der Waals surface area contributed by atoms with Crippen LogP contribution in [0.5, 0.6) is 11.5 Å². The number of aliphatic hydroxyl groups excluding tert-OH is 1. The summed E-state index contributed by atoms with van der Waals surface area (Å²) in [6.07, 6.45) is 3.98. The maximum absolute atomic E-state index is 14.6. The molecule has 17 heteroatoms. The Hall–Kier alpha value is -5.88. The van der Waals surface area contributed by atoms with E-state index >= 15 is 0 Å². The Balaban J connectivity index is 0.890. The molecular weight excluding hydrogens is 878 g/mol. The lowest BCUT2D eigenvalue weighted by Crippen LogP contribution is -2.59. The van der Waals surface area contributed by atoms with Crippen LogP contribution in [0.25, 0.3) is 21.3 Å². The number of amides is 4. The quantitative estimate of drug-likeness (QED) is 0.0306. The number of nitrogens with zero attached hydrogens (tertiary/aromatic N) is 4. The normalized spacial score (nSPS) is 17.1. The molecule has 358 valence electrons. The number of aliphatic hydroxyl groups is 1. The highest BCUT2D eigenvalue weighted by atomic mass is 32.1. The number of alkyl halides is 1. The van der Waals surface area contributed by atoms with Crippen LogP contribution in [0.4, 0.5) is 4.39 Å². The fourth-order valence-corrected chi connectivity index (χ4v) is 9.19. The zero-order valence-corrected chi connectivity index (χ0v) is 39.7. The monoisotopic (exact) mass is 939 g/mol. The number of hydroxylamine groups is 1. The Morgan fingerprint density at radius 1 is 1.01 bits per heavy atom. The molecule has 2 fully saturated rings. The molecule has 15 nitrogen and oxygen atoms in total. The van der Waals surface area contributed by atoms with Crippen molar-refractivity contribution < 1.29 is 43.4 Å². The van der Waals surface area contributed by atoms with E-state index in [2.05, 4.69) is 39.7 Å². The SMILES string of the molecule is Cc1ncsc1-c1ccc(CNC(=O)[C@@H]2C[C@H](O)CN2C(=O)[C@@H](NC(=O)C2(F)CC2)C(C)(C)C)c(OCCCCCN(C)Cc2cccc(OCCn3ccc4ccc(C(=O)NO)cc43)c2)c1. The van der Waals surface area contributed by atoms with Crippen molar-refractivity contribution in [1.29, 1.82) is 0 Å². The minimum Gasteiger partial charge on any atom is -0.493 e. The predicted octanol–water partition coefficient (Wildman–Crippen LogP) is 6.56. The minimum absolute atomic E-state index is 0.0329. The zero-order valence-electron chi connectivity index (χ0n) is 38.8. The lowest BCUT2D eigenvalue weighted by molar-refractivity contribution is -0.145. The van der Waals surface area contributed by atoms with Gasteiger partial charge in [-0.3, -0.25) is 24.4 Å². The number of likely N-dealkylation sites (tertiary alicyclic amines) is 1. The molecule has 7 rings (SSSR count). The molecule has 2 aromatic heterocycles. The van der Waals surface area contributed by atoms with E-state index in [4.69, 9.17) is 14.7 Å². The third-order valence-corrected chi connectivity index (χ3v) is 13.4. The van der Waals surface area contributed by atoms with E-state index < -0.39 is 52.9 Å². The Labute approximate surface area is 394 Å². The van der Waals surface area contributed by atoms with Gasteiger partial charge in [0.25, 0.3) is 11.8 Å². The van der Waals surface area contributed by atoms with Crippen molar-refractivity contribution in [3.05, 3.63) is 101 Å². The van der Waals surface area contributed by atoms with E-state index in [0.29, 0.717) is 31.1 Å². The summed E-state index contributed by atoms with van der Waals surface area (Å²) in [5, 5.41) is 26.2. The van der Waals surface area contributed by atoms with Gasteiger partial charge >= 0.3 is 0 Å². The fourth-order valence-electron chi connectivity index (χ4n) is 8.39. The highest BCUT2D eigenvalue weighted by molar-refractivity contribution is 7.13. The van der Waals surface area contributed by atoms with Gasteiger partial charge in [0.15, 0.2) is 5.67 Å². The summed E-state index contributed by atoms with van der Waals surface area (Å²) < 4.78 is 29.2. The van der Waals surface area contributed by atoms with E-state index in [0.717, 1.165) is 76.3 Å². The van der Waals surface area contributed by atoms with Crippen molar-refractivity contribution in [2.45, 2.75) is 110 Å². The molecule has 0 bridgehead atoms. The van der Waals surface area contributed by atoms with Gasteiger partial charge < -0.3 is 39.6 Å². The number of β-amino-alcohol motifs (C(OH)–C–C–N with tert-alkyl or cyclic N) is 1. The molecule has 5 aromatic rings. The van der Waals surface area contributed by atoms with Gasteiger partial charge in [0.05, 0.1) is 35.3 Å². The number of benzene rings is 3. The molecule has 3 aromatic carbocycles. The lowest BCUT2D eigenvalue weighted by Gasteiger charge is -2.35. The Morgan fingerprint density at radius 3 is 2.55 bits per heavy atom. The van der Waals surface area contributed by atoms with Gasteiger partial charge in [0.2, 0.25) is 11.8 Å². The predicted molar refractivity (Wildman–Crippen MR) is 254 cm³/mol. The second kappa shape index (κ2) is 21.4. The second-order valence-electron chi connectivity index (χ2n) is 18.8. The van der Waals surface area contributed by atoms with Crippen LogP contribution in [0, 0.1) is 12.3 Å². The van der Waals surface area contributed by atoms with Crippen LogP contribution in [0.2, 0.25) is 0 Å². The molecule has 2 aliphatic rings. The third-order valence-electron chi connectivity index (χ3n) is 12.4. The number of ether oxygens (including phenoxy) is 2. The highest BCUT2D eigenvalue weighted by Crippen LogP contribution is 2.40. The van der Waals surface area contributed by atoms with Crippen molar-refractivity contribution in [3.63, 3.8) is 0 Å². The summed E-state index contributed by atoms with van der Waals surface area (Å²) in [4.78, 5) is 61.4. The number of carbonyl (C=O) groups excluding carboxylic acids is 4. The van der Waals surface area contributed by atoms with E-state index in [-0.39, 0.29) is 32.4 Å². The molecule has 1 saturated carbocycles. The number of aromatic nitrogens is 2. The van der Waals surface area contributed by atoms with Crippen molar-refractivity contribution >= 4 is 45.9 Å². The Morgan fingerprint density at radius 2 is 1.82 bits per heavy atom.